The Morgan fingerprint density at radius 1 is 1.38 bits per heavy atom. The fourth-order valence-electron chi connectivity index (χ4n) is 1.03. The second-order valence-electron chi connectivity index (χ2n) is 3.20. The lowest BCUT2D eigenvalue weighted by molar-refractivity contribution is -0.154. The van der Waals surface area contributed by atoms with Crippen LogP contribution in [0.25, 0.3) is 0 Å². The van der Waals surface area contributed by atoms with E-state index in [0.29, 0.717) is 6.61 Å². The van der Waals surface area contributed by atoms with Crippen LogP contribution in [0.3, 0.4) is 0 Å². The van der Waals surface area contributed by atoms with Crippen molar-refractivity contribution in [2.24, 2.45) is 11.8 Å². The van der Waals surface area contributed by atoms with Crippen LogP contribution >= 0.6 is 0 Å². The fraction of sp³-hybridized carbons (Fsp3) is 0.778. The van der Waals surface area contributed by atoms with Crippen molar-refractivity contribution in [2.75, 3.05) is 6.61 Å². The number of rotatable bonds is 5. The van der Waals surface area contributed by atoms with E-state index >= 15 is 0 Å². The van der Waals surface area contributed by atoms with Gasteiger partial charge in [0.25, 0.3) is 0 Å². The Labute approximate surface area is 77.9 Å². The molecular formula is C9H16O4. The summed E-state index contributed by atoms with van der Waals surface area (Å²) in [7, 11) is 0. The van der Waals surface area contributed by atoms with Crippen LogP contribution in [-0.4, -0.2) is 23.7 Å². The summed E-state index contributed by atoms with van der Waals surface area (Å²) >= 11 is 0. The molecule has 0 aromatic carbocycles. The first-order chi connectivity index (χ1) is 5.99. The first-order valence-electron chi connectivity index (χ1n) is 4.37. The molecule has 0 aliphatic heterocycles. The average molecular weight is 188 g/mol. The van der Waals surface area contributed by atoms with Crippen LogP contribution in [0.15, 0.2) is 0 Å². The van der Waals surface area contributed by atoms with Gasteiger partial charge < -0.3 is 9.84 Å². The lowest BCUT2D eigenvalue weighted by Crippen LogP contribution is -2.25. The molecular weight excluding hydrogens is 172 g/mol. The Morgan fingerprint density at radius 2 is 1.92 bits per heavy atom. The standard InChI is InChI=1S/C9H16O4/c1-4-13-9(12)7(6(2)3)5-8(10)11/h6-7H,4-5H2,1-3H3,(H,10,11). The molecule has 0 bridgehead atoms. The van der Waals surface area contributed by atoms with Crippen LogP contribution in [0, 0.1) is 11.8 Å². The minimum atomic E-state index is -0.966. The van der Waals surface area contributed by atoms with Crippen molar-refractivity contribution in [3.05, 3.63) is 0 Å². The molecule has 0 fully saturated rings. The molecule has 0 saturated carbocycles. The molecule has 0 aliphatic carbocycles. The largest absolute Gasteiger partial charge is 0.481 e. The van der Waals surface area contributed by atoms with Crippen molar-refractivity contribution in [3.63, 3.8) is 0 Å². The zero-order valence-corrected chi connectivity index (χ0v) is 8.24. The Balaban J connectivity index is 4.24. The summed E-state index contributed by atoms with van der Waals surface area (Å²) in [5, 5.41) is 8.54. The maximum Gasteiger partial charge on any atom is 0.309 e. The highest BCUT2D eigenvalue weighted by molar-refractivity contribution is 5.79. The molecule has 1 N–H and O–H groups in total. The predicted molar refractivity (Wildman–Crippen MR) is 47.2 cm³/mol. The molecule has 4 heteroatoms. The van der Waals surface area contributed by atoms with Gasteiger partial charge in [0.15, 0.2) is 0 Å². The summed E-state index contributed by atoms with van der Waals surface area (Å²) in [5.41, 5.74) is 0. The van der Waals surface area contributed by atoms with Gasteiger partial charge in [0.1, 0.15) is 0 Å². The van der Waals surface area contributed by atoms with Crippen molar-refractivity contribution >= 4 is 11.9 Å². The van der Waals surface area contributed by atoms with Crippen molar-refractivity contribution in [1.29, 1.82) is 0 Å². The summed E-state index contributed by atoms with van der Waals surface area (Å²) < 4.78 is 4.76. The summed E-state index contributed by atoms with van der Waals surface area (Å²) in [4.78, 5) is 21.6. The molecule has 0 radical (unpaired) electrons. The lowest BCUT2D eigenvalue weighted by atomic mass is 9.93. The maximum atomic E-state index is 11.2. The number of hydrogen-bond acceptors (Lipinski definition) is 3. The zero-order chi connectivity index (χ0) is 10.4. The smallest absolute Gasteiger partial charge is 0.309 e. The molecule has 0 aromatic rings. The third-order valence-electron chi connectivity index (χ3n) is 1.79. The van der Waals surface area contributed by atoms with Crippen LogP contribution in [0.2, 0.25) is 0 Å². The van der Waals surface area contributed by atoms with Gasteiger partial charge in [0.05, 0.1) is 18.9 Å². The van der Waals surface area contributed by atoms with Gasteiger partial charge in [-0.15, -0.1) is 0 Å². The van der Waals surface area contributed by atoms with Crippen LogP contribution in [0.5, 0.6) is 0 Å². The van der Waals surface area contributed by atoms with Crippen LogP contribution in [0.4, 0.5) is 0 Å². The van der Waals surface area contributed by atoms with Crippen LogP contribution in [-0.2, 0) is 14.3 Å². The number of carbonyl (C=O) groups excluding carboxylic acids is 1. The third kappa shape index (κ3) is 4.50. The molecule has 1 unspecified atom stereocenters. The maximum absolute atomic E-state index is 11.2. The van der Waals surface area contributed by atoms with Crippen molar-refractivity contribution in [3.8, 4) is 0 Å². The minimum Gasteiger partial charge on any atom is -0.481 e. The van der Waals surface area contributed by atoms with E-state index in [1.54, 1.807) is 6.92 Å². The molecule has 0 rings (SSSR count). The summed E-state index contributed by atoms with van der Waals surface area (Å²) in [6.45, 7) is 5.62. The van der Waals surface area contributed by atoms with E-state index in [4.69, 9.17) is 9.84 Å². The molecule has 0 aromatic heterocycles. The molecule has 4 nitrogen and oxygen atoms in total. The van der Waals surface area contributed by atoms with Crippen molar-refractivity contribution < 1.29 is 19.4 Å². The SMILES string of the molecule is CCOC(=O)C(CC(=O)O)C(C)C. The quantitative estimate of drug-likeness (QED) is 0.660. The minimum absolute atomic E-state index is 0.00449. The van der Waals surface area contributed by atoms with Gasteiger partial charge >= 0.3 is 11.9 Å². The van der Waals surface area contributed by atoms with Crippen molar-refractivity contribution in [1.82, 2.24) is 0 Å². The summed E-state index contributed by atoms with van der Waals surface area (Å²) in [6.07, 6.45) is -0.156. The van der Waals surface area contributed by atoms with E-state index in [0.717, 1.165) is 0 Å². The molecule has 0 amide bonds. The molecule has 0 saturated heterocycles. The zero-order valence-electron chi connectivity index (χ0n) is 8.24. The van der Waals surface area contributed by atoms with E-state index < -0.39 is 17.9 Å². The van der Waals surface area contributed by atoms with E-state index in [2.05, 4.69) is 0 Å². The number of carboxylic acids is 1. The number of ether oxygens (including phenoxy) is 1. The Bertz CT molecular complexity index is 186. The number of aliphatic carboxylic acids is 1. The van der Waals surface area contributed by atoms with Gasteiger partial charge in [0, 0.05) is 0 Å². The second-order valence-corrected chi connectivity index (χ2v) is 3.20. The molecule has 0 heterocycles. The van der Waals surface area contributed by atoms with E-state index in [1.165, 1.54) is 0 Å². The summed E-state index contributed by atoms with van der Waals surface area (Å²) in [6, 6.07) is 0. The van der Waals surface area contributed by atoms with Gasteiger partial charge in [-0.05, 0) is 12.8 Å². The molecule has 13 heavy (non-hydrogen) atoms. The highest BCUT2D eigenvalue weighted by atomic mass is 16.5. The highest BCUT2D eigenvalue weighted by Crippen LogP contribution is 2.16. The molecule has 76 valence electrons. The first kappa shape index (κ1) is 11.9. The molecule has 0 spiro atoms. The number of hydrogen-bond donors (Lipinski definition) is 1. The Morgan fingerprint density at radius 3 is 2.23 bits per heavy atom. The number of esters is 1. The lowest BCUT2D eigenvalue weighted by Gasteiger charge is -2.16. The molecule has 0 aliphatic rings. The first-order valence-corrected chi connectivity index (χ1v) is 4.37. The van der Waals surface area contributed by atoms with Gasteiger partial charge in [0.2, 0.25) is 0 Å². The molecule has 1 atom stereocenters. The second kappa shape index (κ2) is 5.56. The monoisotopic (exact) mass is 188 g/mol. The third-order valence-corrected chi connectivity index (χ3v) is 1.79. The Hall–Kier alpha value is -1.06. The van der Waals surface area contributed by atoms with Gasteiger partial charge in [-0.25, -0.2) is 0 Å². The average Bonchev–Trinajstić information content (AvgIpc) is 1.99. The van der Waals surface area contributed by atoms with Gasteiger partial charge in [-0.3, -0.25) is 9.59 Å². The van der Waals surface area contributed by atoms with Crippen LogP contribution in [0.1, 0.15) is 27.2 Å². The topological polar surface area (TPSA) is 63.6 Å². The summed E-state index contributed by atoms with van der Waals surface area (Å²) in [5.74, 6) is -1.92. The van der Waals surface area contributed by atoms with Gasteiger partial charge in [-0.2, -0.15) is 0 Å². The number of carbonyl (C=O) groups is 2. The van der Waals surface area contributed by atoms with Crippen LogP contribution < -0.4 is 0 Å². The predicted octanol–water partition coefficient (Wildman–Crippen LogP) is 1.30. The van der Waals surface area contributed by atoms with E-state index in [9.17, 15) is 9.59 Å². The Kier molecular flexibility index (Phi) is 5.11. The van der Waals surface area contributed by atoms with E-state index in [-0.39, 0.29) is 12.3 Å². The highest BCUT2D eigenvalue weighted by Gasteiger charge is 2.25. The normalized spacial score (nSPS) is 12.6. The fourth-order valence-corrected chi connectivity index (χ4v) is 1.03. The van der Waals surface area contributed by atoms with Crippen molar-refractivity contribution in [2.45, 2.75) is 27.2 Å². The number of carboxylic acid groups (broad SMARTS) is 1. The van der Waals surface area contributed by atoms with E-state index in [1.807, 2.05) is 13.8 Å². The van der Waals surface area contributed by atoms with Gasteiger partial charge in [-0.1, -0.05) is 13.8 Å².